The van der Waals surface area contributed by atoms with Crippen LogP contribution >= 0.6 is 0 Å². The number of hydrogen-bond donors (Lipinski definition) is 0. The van der Waals surface area contributed by atoms with Gasteiger partial charge in [0.15, 0.2) is 0 Å². The molecular weight excluding hydrogens is 730 g/mol. The van der Waals surface area contributed by atoms with Crippen molar-refractivity contribution < 1.29 is 26.4 Å². The Hall–Kier alpha value is -0.280. The molecule has 0 fully saturated rings. The Labute approximate surface area is 373 Å². The SMILES string of the molecule is CCCCCCCCCCCCCCCCC(CCCCCCCCCCCCCCCC)(COC(=O)CCCCCCCCCCCCCCC)C[N+](C)(C)C.[Cl-]. The maximum Gasteiger partial charge on any atom is 0.305 e. The summed E-state index contributed by atoms with van der Waals surface area (Å²) in [5.41, 5.74) is 0.109. The van der Waals surface area contributed by atoms with E-state index in [4.69, 9.17) is 4.74 Å². The average molecular weight is 841 g/mol. The van der Waals surface area contributed by atoms with Gasteiger partial charge in [0.05, 0.1) is 33.1 Å². The number of halogens is 1. The zero-order valence-corrected chi connectivity index (χ0v) is 41.9. The zero-order chi connectivity index (χ0) is 41.8. The van der Waals surface area contributed by atoms with E-state index in [0.717, 1.165) is 17.4 Å². The van der Waals surface area contributed by atoms with Crippen molar-refractivity contribution in [3.63, 3.8) is 0 Å². The highest BCUT2D eigenvalue weighted by Gasteiger charge is 2.36. The molecule has 0 aromatic heterocycles. The van der Waals surface area contributed by atoms with Crippen molar-refractivity contribution in [1.82, 2.24) is 0 Å². The highest BCUT2D eigenvalue weighted by Crippen LogP contribution is 2.35. The molecule has 0 aliphatic carbocycles. The summed E-state index contributed by atoms with van der Waals surface area (Å²) in [6.07, 6.45) is 59.7. The Balaban J connectivity index is 0. The number of rotatable bonds is 48. The monoisotopic (exact) mass is 840 g/mol. The van der Waals surface area contributed by atoms with Gasteiger partial charge in [-0.3, -0.25) is 4.79 Å². The minimum Gasteiger partial charge on any atom is -1.00 e. The normalized spacial score (nSPS) is 12.0. The van der Waals surface area contributed by atoms with E-state index in [1.165, 1.54) is 270 Å². The molecule has 350 valence electrons. The van der Waals surface area contributed by atoms with Gasteiger partial charge in [-0.05, 0) is 19.3 Å². The summed E-state index contributed by atoms with van der Waals surface area (Å²) in [6, 6.07) is 0. The second-order valence-electron chi connectivity index (χ2n) is 20.3. The lowest BCUT2D eigenvalue weighted by Crippen LogP contribution is -3.00. The molecular formula is C54H110ClNO2. The third kappa shape index (κ3) is 45.3. The summed E-state index contributed by atoms with van der Waals surface area (Å²) in [4.78, 5) is 13.1. The Bertz CT molecular complexity index is 762. The highest BCUT2D eigenvalue weighted by molar-refractivity contribution is 5.69. The van der Waals surface area contributed by atoms with E-state index in [1.54, 1.807) is 0 Å². The number of quaternary nitrogens is 1. The largest absolute Gasteiger partial charge is 1.00 e. The fourth-order valence-corrected chi connectivity index (χ4v) is 9.46. The number of hydrogen-bond acceptors (Lipinski definition) is 2. The summed E-state index contributed by atoms with van der Waals surface area (Å²) in [6.45, 7) is 8.66. The van der Waals surface area contributed by atoms with Crippen LogP contribution in [0.5, 0.6) is 0 Å². The molecule has 58 heavy (non-hydrogen) atoms. The first-order chi connectivity index (χ1) is 27.8. The number of nitrogens with zero attached hydrogens (tertiary/aromatic N) is 1. The maximum atomic E-state index is 13.1. The molecule has 0 N–H and O–H groups in total. The molecule has 0 unspecified atom stereocenters. The van der Waals surface area contributed by atoms with Gasteiger partial charge in [0.25, 0.3) is 0 Å². The van der Waals surface area contributed by atoms with Gasteiger partial charge in [0.2, 0.25) is 0 Å². The Morgan fingerprint density at radius 3 is 0.828 bits per heavy atom. The quantitative estimate of drug-likeness (QED) is 0.0347. The summed E-state index contributed by atoms with van der Waals surface area (Å²) >= 11 is 0. The molecule has 0 saturated carbocycles. The van der Waals surface area contributed by atoms with Crippen LogP contribution in [0.15, 0.2) is 0 Å². The molecule has 0 aromatic rings. The predicted molar refractivity (Wildman–Crippen MR) is 256 cm³/mol. The number of unbranched alkanes of at least 4 members (excludes halogenated alkanes) is 38. The first-order valence-electron chi connectivity index (χ1n) is 26.7. The molecule has 0 heterocycles. The average Bonchev–Trinajstić information content (AvgIpc) is 3.18. The number of esters is 1. The standard InChI is InChI=1S/C54H110NO2.ClH/c1-7-10-13-16-19-22-25-28-31-34-37-40-43-46-49-54(51-55(4,5)6,50-47-44-41-38-35-32-29-26-23-20-17-14-11-8-2)52-57-53(56)48-45-42-39-36-33-30-27-24-21-18-15-12-9-3;/h7-52H2,1-6H3;1H/q+1;/p-1. The summed E-state index contributed by atoms with van der Waals surface area (Å²) in [5, 5.41) is 0. The van der Waals surface area contributed by atoms with Crippen molar-refractivity contribution in [3.8, 4) is 0 Å². The van der Waals surface area contributed by atoms with Crippen molar-refractivity contribution in [1.29, 1.82) is 0 Å². The van der Waals surface area contributed by atoms with Crippen LogP contribution in [-0.2, 0) is 9.53 Å². The summed E-state index contributed by atoms with van der Waals surface area (Å²) < 4.78 is 7.20. The Morgan fingerprint density at radius 2 is 0.586 bits per heavy atom. The molecule has 0 atom stereocenters. The summed E-state index contributed by atoms with van der Waals surface area (Å²) in [5.74, 6) is 0.0609. The fourth-order valence-electron chi connectivity index (χ4n) is 9.46. The first-order valence-corrected chi connectivity index (χ1v) is 26.7. The molecule has 0 radical (unpaired) electrons. The Kier molecular flexibility index (Phi) is 47.7. The number of ether oxygens (including phenoxy) is 1. The minimum atomic E-state index is 0. The molecule has 0 rings (SSSR count). The van der Waals surface area contributed by atoms with Crippen molar-refractivity contribution >= 4 is 5.97 Å². The molecule has 0 aromatic carbocycles. The topological polar surface area (TPSA) is 26.3 Å². The van der Waals surface area contributed by atoms with Crippen LogP contribution in [0.2, 0.25) is 0 Å². The van der Waals surface area contributed by atoms with Crippen LogP contribution in [0.3, 0.4) is 0 Å². The van der Waals surface area contributed by atoms with Gasteiger partial charge in [0, 0.05) is 6.42 Å². The van der Waals surface area contributed by atoms with Crippen molar-refractivity contribution in [2.24, 2.45) is 5.41 Å². The highest BCUT2D eigenvalue weighted by atomic mass is 35.5. The number of carbonyl (C=O) groups excluding carboxylic acids is 1. The third-order valence-electron chi connectivity index (χ3n) is 13.0. The second kappa shape index (κ2) is 46.2. The van der Waals surface area contributed by atoms with Gasteiger partial charge in [0.1, 0.15) is 6.61 Å². The van der Waals surface area contributed by atoms with E-state index in [2.05, 4.69) is 41.9 Å². The van der Waals surface area contributed by atoms with E-state index in [9.17, 15) is 4.79 Å². The van der Waals surface area contributed by atoms with Gasteiger partial charge in [-0.2, -0.15) is 0 Å². The molecule has 0 saturated heterocycles. The maximum absolute atomic E-state index is 13.1. The van der Waals surface area contributed by atoms with E-state index < -0.39 is 0 Å². The zero-order valence-electron chi connectivity index (χ0n) is 41.2. The van der Waals surface area contributed by atoms with Crippen molar-refractivity contribution in [2.75, 3.05) is 34.3 Å². The van der Waals surface area contributed by atoms with Crippen LogP contribution in [0.4, 0.5) is 0 Å². The van der Waals surface area contributed by atoms with Crippen molar-refractivity contribution in [2.45, 2.75) is 303 Å². The van der Waals surface area contributed by atoms with Gasteiger partial charge < -0.3 is 21.6 Å². The molecule has 0 aliphatic rings. The smallest absolute Gasteiger partial charge is 0.305 e. The van der Waals surface area contributed by atoms with Gasteiger partial charge in [-0.15, -0.1) is 0 Å². The van der Waals surface area contributed by atoms with Gasteiger partial charge in [-0.1, -0.05) is 278 Å². The molecule has 0 bridgehead atoms. The lowest BCUT2D eigenvalue weighted by atomic mass is 9.77. The number of carbonyl (C=O) groups is 1. The van der Waals surface area contributed by atoms with E-state index in [0.29, 0.717) is 13.0 Å². The summed E-state index contributed by atoms with van der Waals surface area (Å²) in [7, 11) is 7.04. The second-order valence-corrected chi connectivity index (χ2v) is 20.3. The molecule has 3 nitrogen and oxygen atoms in total. The molecule has 4 heteroatoms. The van der Waals surface area contributed by atoms with E-state index >= 15 is 0 Å². The van der Waals surface area contributed by atoms with Crippen LogP contribution in [0, 0.1) is 5.41 Å². The van der Waals surface area contributed by atoms with Crippen molar-refractivity contribution in [3.05, 3.63) is 0 Å². The van der Waals surface area contributed by atoms with Crippen LogP contribution in [0.1, 0.15) is 303 Å². The molecule has 0 amide bonds. The predicted octanol–water partition coefficient (Wildman–Crippen LogP) is 15.5. The fraction of sp³-hybridized carbons (Fsp3) is 0.981. The van der Waals surface area contributed by atoms with Crippen LogP contribution in [-0.4, -0.2) is 44.7 Å². The first kappa shape index (κ1) is 59.8. The van der Waals surface area contributed by atoms with Crippen LogP contribution in [0.25, 0.3) is 0 Å². The van der Waals surface area contributed by atoms with Crippen LogP contribution < -0.4 is 12.4 Å². The third-order valence-corrected chi connectivity index (χ3v) is 13.0. The van der Waals surface area contributed by atoms with Gasteiger partial charge in [-0.25, -0.2) is 0 Å². The van der Waals surface area contributed by atoms with Gasteiger partial charge >= 0.3 is 5.97 Å². The molecule has 0 aliphatic heterocycles. The lowest BCUT2D eigenvalue weighted by molar-refractivity contribution is -0.877. The Morgan fingerprint density at radius 1 is 0.362 bits per heavy atom. The van der Waals surface area contributed by atoms with E-state index in [-0.39, 0.29) is 23.8 Å². The molecule has 0 spiro atoms. The minimum absolute atomic E-state index is 0. The van der Waals surface area contributed by atoms with E-state index in [1.807, 2.05) is 0 Å². The lowest BCUT2D eigenvalue weighted by Gasteiger charge is -2.39.